The van der Waals surface area contributed by atoms with Crippen LogP contribution in [0.25, 0.3) is 0 Å². The molecule has 1 rings (SSSR count). The minimum atomic E-state index is -0.423. The van der Waals surface area contributed by atoms with Crippen LogP contribution in [0.4, 0.5) is 0 Å². The van der Waals surface area contributed by atoms with Gasteiger partial charge in [-0.2, -0.15) is 0 Å². The number of ether oxygens (including phenoxy) is 2. The Morgan fingerprint density at radius 1 is 1.17 bits per heavy atom. The van der Waals surface area contributed by atoms with E-state index in [1.165, 1.54) is 6.08 Å². The number of rotatable bonds is 5. The van der Waals surface area contributed by atoms with Crippen molar-refractivity contribution < 1.29 is 14.3 Å². The summed E-state index contributed by atoms with van der Waals surface area (Å²) < 4.78 is 11.0. The third-order valence-electron chi connectivity index (χ3n) is 2.16. The quantitative estimate of drug-likeness (QED) is 0.334. The Labute approximate surface area is 155 Å². The van der Waals surface area contributed by atoms with Gasteiger partial charge in [-0.3, -0.25) is 0 Å². The maximum Gasteiger partial charge on any atom is 0.228 e. The first kappa shape index (κ1) is 20.2. The Kier molecular flexibility index (Phi) is 7.81. The first-order valence-corrected chi connectivity index (χ1v) is 8.13. The molecule has 1 aromatic carbocycles. The first-order chi connectivity index (χ1) is 10.6. The molecule has 0 atom stereocenters. The van der Waals surface area contributed by atoms with E-state index >= 15 is 0 Å². The van der Waals surface area contributed by atoms with E-state index in [1.807, 2.05) is 20.8 Å². The van der Waals surface area contributed by atoms with E-state index in [4.69, 9.17) is 60.7 Å². The molecule has 0 aliphatic heterocycles. The zero-order chi connectivity index (χ0) is 17.6. The summed E-state index contributed by atoms with van der Waals surface area (Å²) in [4.78, 5) is 5.26. The molecule has 0 aliphatic carbocycles. The van der Waals surface area contributed by atoms with E-state index < -0.39 is 5.60 Å². The zero-order valence-electron chi connectivity index (χ0n) is 13.1. The van der Waals surface area contributed by atoms with Gasteiger partial charge in [-0.1, -0.05) is 51.6 Å². The van der Waals surface area contributed by atoms with Gasteiger partial charge in [0.2, 0.25) is 5.90 Å². The van der Waals surface area contributed by atoms with Crippen molar-refractivity contribution >= 4 is 52.3 Å². The number of oxime groups is 1. The first-order valence-electron chi connectivity index (χ1n) is 6.62. The van der Waals surface area contributed by atoms with Crippen molar-refractivity contribution in [3.05, 3.63) is 32.7 Å². The van der Waals surface area contributed by atoms with Crippen molar-refractivity contribution in [2.75, 3.05) is 6.61 Å². The Morgan fingerprint density at radius 2 is 1.74 bits per heavy atom. The Bertz CT molecular complexity index is 582. The molecular formula is C15H17Cl4NO3. The van der Waals surface area contributed by atoms with Crippen LogP contribution >= 0.6 is 46.4 Å². The second kappa shape index (κ2) is 8.88. The minimum Gasteiger partial charge on any atom is -0.489 e. The van der Waals surface area contributed by atoms with Gasteiger partial charge in [-0.25, -0.2) is 0 Å². The average molecular weight is 401 g/mol. The fourth-order valence-electron chi connectivity index (χ4n) is 1.29. The summed E-state index contributed by atoms with van der Waals surface area (Å²) in [6.07, 6.45) is 1.50. The van der Waals surface area contributed by atoms with Crippen molar-refractivity contribution in [1.82, 2.24) is 0 Å². The van der Waals surface area contributed by atoms with Gasteiger partial charge in [-0.15, -0.1) is 0 Å². The minimum absolute atomic E-state index is 0.118. The molecule has 128 valence electrons. The van der Waals surface area contributed by atoms with E-state index in [9.17, 15) is 0 Å². The second-order valence-electron chi connectivity index (χ2n) is 5.44. The van der Waals surface area contributed by atoms with Crippen molar-refractivity contribution in [2.45, 2.75) is 33.3 Å². The van der Waals surface area contributed by atoms with Gasteiger partial charge in [0.05, 0.1) is 10.0 Å². The summed E-state index contributed by atoms with van der Waals surface area (Å²) in [5.74, 6) is 0.998. The maximum absolute atomic E-state index is 6.16. The second-order valence-corrected chi connectivity index (χ2v) is 7.26. The van der Waals surface area contributed by atoms with Crippen LogP contribution in [0.15, 0.2) is 27.9 Å². The third-order valence-corrected chi connectivity index (χ3v) is 3.03. The lowest BCUT2D eigenvalue weighted by atomic mass is 10.2. The van der Waals surface area contributed by atoms with Crippen molar-refractivity contribution in [2.24, 2.45) is 5.16 Å². The molecular weight excluding hydrogens is 384 g/mol. The van der Waals surface area contributed by atoms with Crippen LogP contribution in [-0.4, -0.2) is 18.1 Å². The topological polar surface area (TPSA) is 40.0 Å². The van der Waals surface area contributed by atoms with Gasteiger partial charge < -0.3 is 14.3 Å². The van der Waals surface area contributed by atoms with Crippen LogP contribution in [0.2, 0.25) is 10.0 Å². The molecule has 0 N–H and O–H groups in total. The molecule has 0 bridgehead atoms. The van der Waals surface area contributed by atoms with E-state index in [0.29, 0.717) is 5.75 Å². The Hall–Kier alpha value is -0.810. The highest BCUT2D eigenvalue weighted by Crippen LogP contribution is 2.37. The SMILES string of the molecule is CC(=NOC(C)(C)C)Oc1c(Cl)cc(OCC=C(Cl)Cl)cc1Cl. The lowest BCUT2D eigenvalue weighted by Gasteiger charge is -2.16. The van der Waals surface area contributed by atoms with Gasteiger partial charge in [0.25, 0.3) is 0 Å². The monoisotopic (exact) mass is 399 g/mol. The van der Waals surface area contributed by atoms with Gasteiger partial charge in [0.1, 0.15) is 22.4 Å². The highest BCUT2D eigenvalue weighted by atomic mass is 35.5. The zero-order valence-corrected chi connectivity index (χ0v) is 16.1. The Balaban J connectivity index is 2.83. The normalized spacial score (nSPS) is 11.9. The van der Waals surface area contributed by atoms with Crippen LogP contribution in [0.1, 0.15) is 27.7 Å². The molecule has 0 heterocycles. The number of nitrogens with zero attached hydrogens (tertiary/aromatic N) is 1. The van der Waals surface area contributed by atoms with Gasteiger partial charge in [0.15, 0.2) is 5.75 Å². The smallest absolute Gasteiger partial charge is 0.228 e. The summed E-state index contributed by atoms with van der Waals surface area (Å²) in [6, 6.07) is 3.13. The molecule has 0 radical (unpaired) electrons. The summed E-state index contributed by atoms with van der Waals surface area (Å²) in [5, 5.41) is 4.43. The van der Waals surface area contributed by atoms with Crippen molar-refractivity contribution in [3.8, 4) is 11.5 Å². The van der Waals surface area contributed by atoms with Crippen molar-refractivity contribution in [1.29, 1.82) is 0 Å². The highest BCUT2D eigenvalue weighted by Gasteiger charge is 2.14. The van der Waals surface area contributed by atoms with E-state index in [1.54, 1.807) is 19.1 Å². The standard InChI is InChI=1S/C15H17Cl4NO3/c1-9(20-23-15(2,3)4)22-14-11(16)7-10(8-12(14)17)21-6-5-13(18)19/h5,7-8H,6H2,1-4H3. The summed E-state index contributed by atoms with van der Waals surface area (Å²) in [6.45, 7) is 7.44. The van der Waals surface area contributed by atoms with Crippen LogP contribution in [0, 0.1) is 0 Å². The molecule has 0 aliphatic rings. The highest BCUT2D eigenvalue weighted by molar-refractivity contribution is 6.55. The summed E-state index contributed by atoms with van der Waals surface area (Å²) in [5.41, 5.74) is -0.423. The summed E-state index contributed by atoms with van der Waals surface area (Å²) >= 11 is 23.3. The molecule has 0 saturated heterocycles. The molecule has 4 nitrogen and oxygen atoms in total. The molecule has 0 amide bonds. The Morgan fingerprint density at radius 3 is 2.22 bits per heavy atom. The van der Waals surface area contributed by atoms with E-state index in [-0.39, 0.29) is 32.8 Å². The third kappa shape index (κ3) is 8.02. The molecule has 1 aromatic rings. The number of benzene rings is 1. The lowest BCUT2D eigenvalue weighted by molar-refractivity contribution is -0.00184. The fourth-order valence-corrected chi connectivity index (χ4v) is 1.96. The van der Waals surface area contributed by atoms with Gasteiger partial charge in [-0.05, 0) is 26.8 Å². The predicted molar refractivity (Wildman–Crippen MR) is 96.3 cm³/mol. The van der Waals surface area contributed by atoms with Crippen LogP contribution in [0.3, 0.4) is 0 Å². The predicted octanol–water partition coefficient (Wildman–Crippen LogP) is 6.22. The van der Waals surface area contributed by atoms with Crippen LogP contribution in [-0.2, 0) is 4.84 Å². The average Bonchev–Trinajstić information content (AvgIpc) is 2.39. The van der Waals surface area contributed by atoms with E-state index in [0.717, 1.165) is 0 Å². The largest absolute Gasteiger partial charge is 0.489 e. The van der Waals surface area contributed by atoms with Gasteiger partial charge in [0, 0.05) is 19.1 Å². The molecule has 23 heavy (non-hydrogen) atoms. The lowest BCUT2D eigenvalue weighted by Crippen LogP contribution is -2.17. The molecule has 0 unspecified atom stereocenters. The van der Waals surface area contributed by atoms with Crippen molar-refractivity contribution in [3.63, 3.8) is 0 Å². The molecule has 0 saturated carbocycles. The number of hydrogen-bond donors (Lipinski definition) is 0. The van der Waals surface area contributed by atoms with Crippen LogP contribution in [0.5, 0.6) is 11.5 Å². The molecule has 8 heteroatoms. The molecule has 0 fully saturated rings. The molecule has 0 spiro atoms. The summed E-state index contributed by atoms with van der Waals surface area (Å²) in [7, 11) is 0. The van der Waals surface area contributed by atoms with Gasteiger partial charge >= 0.3 is 0 Å². The number of hydrogen-bond acceptors (Lipinski definition) is 4. The fraction of sp³-hybridized carbons (Fsp3) is 0.400. The number of halogens is 4. The van der Waals surface area contributed by atoms with Crippen LogP contribution < -0.4 is 9.47 Å². The van der Waals surface area contributed by atoms with E-state index in [2.05, 4.69) is 5.16 Å². The molecule has 0 aromatic heterocycles. The maximum atomic E-state index is 6.16.